The zero-order valence-electron chi connectivity index (χ0n) is 14.1. The molecule has 2 unspecified atom stereocenters. The number of amides is 2. The fourth-order valence-corrected chi connectivity index (χ4v) is 2.66. The van der Waals surface area contributed by atoms with Gasteiger partial charge in [-0.3, -0.25) is 9.59 Å². The van der Waals surface area contributed by atoms with Crippen molar-refractivity contribution in [2.75, 3.05) is 5.32 Å². The highest BCUT2D eigenvalue weighted by molar-refractivity contribution is 6.35. The van der Waals surface area contributed by atoms with E-state index in [4.69, 9.17) is 23.2 Å². The van der Waals surface area contributed by atoms with E-state index < -0.39 is 6.04 Å². The van der Waals surface area contributed by atoms with Crippen LogP contribution in [0.1, 0.15) is 30.6 Å². The molecule has 25 heavy (non-hydrogen) atoms. The third-order valence-corrected chi connectivity index (χ3v) is 4.57. The number of hydrogen-bond donors (Lipinski definition) is 2. The fraction of sp³-hybridized carbons (Fsp3) is 0.263. The SMILES string of the molecule is CCC(C)C(NC(=O)c1ccccc1)C(=O)Nc1cc(Cl)ccc1Cl. The van der Waals surface area contributed by atoms with Crippen molar-refractivity contribution in [3.8, 4) is 0 Å². The molecule has 0 fully saturated rings. The summed E-state index contributed by atoms with van der Waals surface area (Å²) in [5, 5.41) is 6.41. The molecular weight excluding hydrogens is 359 g/mol. The maximum Gasteiger partial charge on any atom is 0.251 e. The van der Waals surface area contributed by atoms with E-state index in [1.807, 2.05) is 19.9 Å². The summed E-state index contributed by atoms with van der Waals surface area (Å²) in [7, 11) is 0. The molecule has 6 heteroatoms. The molecule has 0 aliphatic rings. The Hall–Kier alpha value is -2.04. The van der Waals surface area contributed by atoms with E-state index in [0.29, 0.717) is 21.3 Å². The monoisotopic (exact) mass is 378 g/mol. The minimum absolute atomic E-state index is 0.0504. The first-order chi connectivity index (χ1) is 11.9. The van der Waals surface area contributed by atoms with E-state index in [1.54, 1.807) is 42.5 Å². The number of carbonyl (C=O) groups is 2. The molecule has 0 spiro atoms. The maximum atomic E-state index is 12.7. The summed E-state index contributed by atoms with van der Waals surface area (Å²) in [5.41, 5.74) is 0.922. The second-order valence-corrected chi connectivity index (χ2v) is 6.66. The Morgan fingerprint density at radius 3 is 2.40 bits per heavy atom. The minimum Gasteiger partial charge on any atom is -0.340 e. The Labute approximate surface area is 157 Å². The van der Waals surface area contributed by atoms with Gasteiger partial charge in [0.25, 0.3) is 5.91 Å². The summed E-state index contributed by atoms with van der Waals surface area (Å²) < 4.78 is 0. The lowest BCUT2D eigenvalue weighted by Gasteiger charge is -2.24. The number of nitrogens with one attached hydrogen (secondary N) is 2. The van der Waals surface area contributed by atoms with Gasteiger partial charge < -0.3 is 10.6 Å². The summed E-state index contributed by atoms with van der Waals surface area (Å²) >= 11 is 12.1. The zero-order chi connectivity index (χ0) is 18.4. The van der Waals surface area contributed by atoms with Crippen molar-refractivity contribution in [2.24, 2.45) is 5.92 Å². The van der Waals surface area contributed by atoms with Crippen LogP contribution in [0, 0.1) is 5.92 Å². The van der Waals surface area contributed by atoms with Crippen LogP contribution in [-0.4, -0.2) is 17.9 Å². The Balaban J connectivity index is 2.17. The maximum absolute atomic E-state index is 12.7. The van der Waals surface area contributed by atoms with Crippen LogP contribution in [0.4, 0.5) is 5.69 Å². The molecular formula is C19H20Cl2N2O2. The molecule has 2 aromatic carbocycles. The van der Waals surface area contributed by atoms with Gasteiger partial charge in [-0.1, -0.05) is 61.7 Å². The molecule has 2 atom stereocenters. The van der Waals surface area contributed by atoms with E-state index >= 15 is 0 Å². The lowest BCUT2D eigenvalue weighted by Crippen LogP contribution is -2.47. The normalized spacial score (nSPS) is 13.0. The Morgan fingerprint density at radius 1 is 1.08 bits per heavy atom. The Morgan fingerprint density at radius 2 is 1.76 bits per heavy atom. The Bertz CT molecular complexity index is 750. The van der Waals surface area contributed by atoms with Gasteiger partial charge >= 0.3 is 0 Å². The van der Waals surface area contributed by atoms with Gasteiger partial charge in [-0.15, -0.1) is 0 Å². The van der Waals surface area contributed by atoms with Crippen LogP contribution < -0.4 is 10.6 Å². The quantitative estimate of drug-likeness (QED) is 0.759. The van der Waals surface area contributed by atoms with Crippen LogP contribution in [0.15, 0.2) is 48.5 Å². The van der Waals surface area contributed by atoms with Crippen LogP contribution in [0.5, 0.6) is 0 Å². The van der Waals surface area contributed by atoms with Crippen LogP contribution in [0.2, 0.25) is 10.0 Å². The first-order valence-electron chi connectivity index (χ1n) is 8.04. The number of anilines is 1. The molecule has 2 aromatic rings. The van der Waals surface area contributed by atoms with E-state index in [1.165, 1.54) is 0 Å². The molecule has 2 rings (SSSR count). The molecule has 132 valence electrons. The molecule has 0 aliphatic heterocycles. The molecule has 0 radical (unpaired) electrons. The number of benzene rings is 2. The fourth-order valence-electron chi connectivity index (χ4n) is 2.32. The van der Waals surface area contributed by atoms with Crippen LogP contribution in [0.25, 0.3) is 0 Å². The highest BCUT2D eigenvalue weighted by Gasteiger charge is 2.26. The van der Waals surface area contributed by atoms with Crippen molar-refractivity contribution in [1.82, 2.24) is 5.32 Å². The number of carbonyl (C=O) groups excluding carboxylic acids is 2. The second kappa shape index (κ2) is 8.88. The second-order valence-electron chi connectivity index (χ2n) is 5.82. The smallest absolute Gasteiger partial charge is 0.251 e. The predicted molar refractivity (Wildman–Crippen MR) is 102 cm³/mol. The lowest BCUT2D eigenvalue weighted by molar-refractivity contribution is -0.119. The van der Waals surface area contributed by atoms with Gasteiger partial charge in [0.1, 0.15) is 6.04 Å². The van der Waals surface area contributed by atoms with Gasteiger partial charge in [0.15, 0.2) is 0 Å². The minimum atomic E-state index is -0.687. The standard InChI is InChI=1S/C19H20Cl2N2O2/c1-3-12(2)17(23-18(24)13-7-5-4-6-8-13)19(25)22-16-11-14(20)9-10-15(16)21/h4-12,17H,3H2,1-2H3,(H,22,25)(H,23,24). The molecule has 0 bridgehead atoms. The summed E-state index contributed by atoms with van der Waals surface area (Å²) in [6.45, 7) is 3.88. The summed E-state index contributed by atoms with van der Waals surface area (Å²) in [4.78, 5) is 25.1. The van der Waals surface area contributed by atoms with E-state index in [2.05, 4.69) is 10.6 Å². The first kappa shape index (κ1) is 19.3. The molecule has 0 heterocycles. The molecule has 0 saturated heterocycles. The lowest BCUT2D eigenvalue weighted by atomic mass is 9.97. The van der Waals surface area contributed by atoms with E-state index in [0.717, 1.165) is 6.42 Å². The summed E-state index contributed by atoms with van der Waals surface area (Å²) in [5.74, 6) is -0.674. The number of hydrogen-bond acceptors (Lipinski definition) is 2. The van der Waals surface area contributed by atoms with E-state index in [9.17, 15) is 9.59 Å². The topological polar surface area (TPSA) is 58.2 Å². The Kier molecular flexibility index (Phi) is 6.85. The largest absolute Gasteiger partial charge is 0.340 e. The van der Waals surface area contributed by atoms with Crippen LogP contribution in [-0.2, 0) is 4.79 Å². The van der Waals surface area contributed by atoms with Gasteiger partial charge in [-0.2, -0.15) is 0 Å². The van der Waals surface area contributed by atoms with Gasteiger partial charge in [-0.05, 0) is 36.2 Å². The van der Waals surface area contributed by atoms with Crippen molar-refractivity contribution < 1.29 is 9.59 Å². The van der Waals surface area contributed by atoms with Crippen molar-refractivity contribution in [3.63, 3.8) is 0 Å². The summed E-state index contributed by atoms with van der Waals surface area (Å²) in [6.07, 6.45) is 0.733. The van der Waals surface area contributed by atoms with Gasteiger partial charge in [0.2, 0.25) is 5.91 Å². The van der Waals surface area contributed by atoms with Crippen molar-refractivity contribution in [2.45, 2.75) is 26.3 Å². The third kappa shape index (κ3) is 5.21. The van der Waals surface area contributed by atoms with E-state index in [-0.39, 0.29) is 17.7 Å². The third-order valence-electron chi connectivity index (χ3n) is 4.00. The molecule has 4 nitrogen and oxygen atoms in total. The van der Waals surface area contributed by atoms with Crippen LogP contribution in [0.3, 0.4) is 0 Å². The summed E-state index contributed by atoms with van der Waals surface area (Å²) in [6, 6.07) is 12.9. The average molecular weight is 379 g/mol. The molecule has 2 amide bonds. The average Bonchev–Trinajstić information content (AvgIpc) is 2.62. The molecule has 0 saturated carbocycles. The van der Waals surface area contributed by atoms with Gasteiger partial charge in [0, 0.05) is 10.6 Å². The molecule has 2 N–H and O–H groups in total. The predicted octanol–water partition coefficient (Wildman–Crippen LogP) is 4.78. The highest BCUT2D eigenvalue weighted by atomic mass is 35.5. The van der Waals surface area contributed by atoms with Crippen LogP contribution >= 0.6 is 23.2 Å². The molecule has 0 aromatic heterocycles. The molecule has 0 aliphatic carbocycles. The van der Waals surface area contributed by atoms with Crippen molar-refractivity contribution >= 4 is 40.7 Å². The first-order valence-corrected chi connectivity index (χ1v) is 8.79. The zero-order valence-corrected chi connectivity index (χ0v) is 15.6. The number of rotatable bonds is 6. The van der Waals surface area contributed by atoms with Gasteiger partial charge in [-0.25, -0.2) is 0 Å². The van der Waals surface area contributed by atoms with Crippen molar-refractivity contribution in [3.05, 3.63) is 64.1 Å². The highest BCUT2D eigenvalue weighted by Crippen LogP contribution is 2.26. The van der Waals surface area contributed by atoms with Gasteiger partial charge in [0.05, 0.1) is 10.7 Å². The number of halogens is 2. The van der Waals surface area contributed by atoms with Crippen molar-refractivity contribution in [1.29, 1.82) is 0 Å².